The molecule has 0 saturated carbocycles. The summed E-state index contributed by atoms with van der Waals surface area (Å²) in [5.41, 5.74) is 0.383. The third-order valence-electron chi connectivity index (χ3n) is 8.70. The van der Waals surface area contributed by atoms with Crippen molar-refractivity contribution in [2.75, 3.05) is 26.2 Å². The van der Waals surface area contributed by atoms with E-state index in [2.05, 4.69) is 16.7 Å². The standard InChI is InChI=1S/C29H39N5O4/c1-29(2,3)38-28(37)32-23-10-9-19-14-31-15-21(19)24-11-12-25(34(24)26(23)35)27(36)33-16-20(13-30)22(17-33)18-7-5-4-6-8-18/h4-8,19-25,31H,9-12,14-17H2,1-3H3,(H,32,37)/t19?,20-,21+,22+,23+,24-,25+/m1/s1. The molecule has 4 aliphatic heterocycles. The molecule has 1 aromatic carbocycles. The van der Waals surface area contributed by atoms with Crippen molar-refractivity contribution >= 4 is 17.9 Å². The molecule has 0 radical (unpaired) electrons. The van der Waals surface area contributed by atoms with Crippen LogP contribution in [0.3, 0.4) is 0 Å². The van der Waals surface area contributed by atoms with Gasteiger partial charge in [-0.3, -0.25) is 9.59 Å². The molecule has 4 saturated heterocycles. The van der Waals surface area contributed by atoms with Crippen LogP contribution < -0.4 is 10.6 Å². The molecule has 9 nitrogen and oxygen atoms in total. The Balaban J connectivity index is 1.38. The number of nitriles is 1. The minimum atomic E-state index is -0.732. The number of alkyl carbamates (subject to hydrolysis) is 1. The Morgan fingerprint density at radius 1 is 1.08 bits per heavy atom. The average molecular weight is 522 g/mol. The zero-order chi connectivity index (χ0) is 27.0. The van der Waals surface area contributed by atoms with Gasteiger partial charge in [0.05, 0.1) is 12.0 Å². The van der Waals surface area contributed by atoms with Gasteiger partial charge in [0.2, 0.25) is 11.8 Å². The number of amides is 3. The van der Waals surface area contributed by atoms with Gasteiger partial charge >= 0.3 is 6.09 Å². The van der Waals surface area contributed by atoms with E-state index in [-0.39, 0.29) is 29.7 Å². The molecule has 2 N–H and O–H groups in total. The van der Waals surface area contributed by atoms with Crippen LogP contribution in [0.1, 0.15) is 57.9 Å². The first kappa shape index (κ1) is 26.5. The number of benzene rings is 1. The normalized spacial score (nSPS) is 33.1. The van der Waals surface area contributed by atoms with Gasteiger partial charge in [-0.05, 0) is 70.4 Å². The Bertz CT molecular complexity index is 1100. The number of hydrogen-bond donors (Lipinski definition) is 2. The number of rotatable bonds is 3. The fourth-order valence-electron chi connectivity index (χ4n) is 6.97. The lowest BCUT2D eigenvalue weighted by Gasteiger charge is -2.40. The van der Waals surface area contributed by atoms with E-state index in [1.165, 1.54) is 0 Å². The van der Waals surface area contributed by atoms with E-state index in [0.717, 1.165) is 31.5 Å². The van der Waals surface area contributed by atoms with Crippen molar-refractivity contribution < 1.29 is 19.1 Å². The first-order chi connectivity index (χ1) is 18.2. The summed E-state index contributed by atoms with van der Waals surface area (Å²) in [6.45, 7) is 7.93. The van der Waals surface area contributed by atoms with E-state index in [0.29, 0.717) is 37.8 Å². The predicted octanol–water partition coefficient (Wildman–Crippen LogP) is 2.63. The molecule has 9 heteroatoms. The zero-order valence-corrected chi connectivity index (χ0v) is 22.6. The van der Waals surface area contributed by atoms with Crippen LogP contribution in [0.5, 0.6) is 0 Å². The van der Waals surface area contributed by atoms with Crippen molar-refractivity contribution in [3.05, 3.63) is 35.9 Å². The van der Waals surface area contributed by atoms with Crippen molar-refractivity contribution in [2.24, 2.45) is 17.8 Å². The summed E-state index contributed by atoms with van der Waals surface area (Å²) in [6.07, 6.45) is 2.10. The SMILES string of the molecule is CC(C)(C)OC(=O)N[C@H]1CCC2CNC[C@@H]2[C@H]2CC[C@@H](C(=O)N3C[C@@H](C#N)[C@H](c4ccccc4)C3)N2C1=O. The second-order valence-electron chi connectivity index (χ2n) is 12.3. The highest BCUT2D eigenvalue weighted by Crippen LogP contribution is 2.41. The Morgan fingerprint density at radius 3 is 2.55 bits per heavy atom. The molecule has 0 spiro atoms. The maximum Gasteiger partial charge on any atom is 0.408 e. The maximum atomic E-state index is 14.0. The third kappa shape index (κ3) is 5.24. The predicted molar refractivity (Wildman–Crippen MR) is 141 cm³/mol. The quantitative estimate of drug-likeness (QED) is 0.632. The van der Waals surface area contributed by atoms with Crippen LogP contribution in [0.25, 0.3) is 0 Å². The van der Waals surface area contributed by atoms with Crippen LogP contribution in [-0.2, 0) is 14.3 Å². The lowest BCUT2D eigenvalue weighted by molar-refractivity contribution is -0.148. The Kier molecular flexibility index (Phi) is 7.36. The van der Waals surface area contributed by atoms with Crippen LogP contribution in [0.15, 0.2) is 30.3 Å². The lowest BCUT2D eigenvalue weighted by Crippen LogP contribution is -2.59. The molecule has 5 rings (SSSR count). The highest BCUT2D eigenvalue weighted by molar-refractivity contribution is 5.92. The minimum Gasteiger partial charge on any atom is -0.444 e. The number of hydrogen-bond acceptors (Lipinski definition) is 6. The van der Waals surface area contributed by atoms with Gasteiger partial charge in [0, 0.05) is 31.6 Å². The molecule has 0 bridgehead atoms. The highest BCUT2D eigenvalue weighted by Gasteiger charge is 2.52. The summed E-state index contributed by atoms with van der Waals surface area (Å²) >= 11 is 0. The van der Waals surface area contributed by atoms with E-state index in [1.54, 1.807) is 30.6 Å². The van der Waals surface area contributed by atoms with Crippen LogP contribution in [0.2, 0.25) is 0 Å². The summed E-state index contributed by atoms with van der Waals surface area (Å²) in [4.78, 5) is 44.2. The molecule has 3 amide bonds. The molecule has 7 atom stereocenters. The van der Waals surface area contributed by atoms with Gasteiger partial charge in [-0.1, -0.05) is 30.3 Å². The molecule has 204 valence electrons. The summed E-state index contributed by atoms with van der Waals surface area (Å²) in [5, 5.41) is 16.2. The molecular weight excluding hydrogens is 482 g/mol. The number of likely N-dealkylation sites (tertiary alicyclic amines) is 1. The van der Waals surface area contributed by atoms with Crippen molar-refractivity contribution in [1.29, 1.82) is 5.26 Å². The van der Waals surface area contributed by atoms with E-state index in [1.807, 2.05) is 30.3 Å². The monoisotopic (exact) mass is 521 g/mol. The Morgan fingerprint density at radius 2 is 1.84 bits per heavy atom. The van der Waals surface area contributed by atoms with Crippen LogP contribution >= 0.6 is 0 Å². The second-order valence-corrected chi connectivity index (χ2v) is 12.3. The maximum absolute atomic E-state index is 14.0. The fourth-order valence-corrected chi connectivity index (χ4v) is 6.97. The molecule has 1 unspecified atom stereocenters. The van der Waals surface area contributed by atoms with Gasteiger partial charge in [0.25, 0.3) is 0 Å². The van der Waals surface area contributed by atoms with Crippen LogP contribution in [0, 0.1) is 29.1 Å². The van der Waals surface area contributed by atoms with Gasteiger partial charge in [-0.2, -0.15) is 5.26 Å². The summed E-state index contributed by atoms with van der Waals surface area (Å²) in [7, 11) is 0. The van der Waals surface area contributed by atoms with Gasteiger partial charge in [0.1, 0.15) is 17.7 Å². The third-order valence-corrected chi connectivity index (χ3v) is 8.70. The van der Waals surface area contributed by atoms with Gasteiger partial charge < -0.3 is 25.2 Å². The van der Waals surface area contributed by atoms with Crippen molar-refractivity contribution in [3.8, 4) is 6.07 Å². The van der Waals surface area contributed by atoms with Gasteiger partial charge in [-0.25, -0.2) is 4.79 Å². The molecule has 4 aliphatic rings. The largest absolute Gasteiger partial charge is 0.444 e. The summed E-state index contributed by atoms with van der Waals surface area (Å²) < 4.78 is 5.45. The summed E-state index contributed by atoms with van der Waals surface area (Å²) in [6, 6.07) is 10.9. The fraction of sp³-hybridized carbons (Fsp3) is 0.655. The molecular formula is C29H39N5O4. The molecule has 0 aliphatic carbocycles. The number of nitrogens with one attached hydrogen (secondary N) is 2. The van der Waals surface area contributed by atoms with E-state index in [4.69, 9.17) is 4.74 Å². The number of carbonyl (C=O) groups excluding carboxylic acids is 3. The van der Waals surface area contributed by atoms with Gasteiger partial charge in [0.15, 0.2) is 0 Å². The number of nitrogens with zero attached hydrogens (tertiary/aromatic N) is 3. The van der Waals surface area contributed by atoms with Crippen molar-refractivity contribution in [1.82, 2.24) is 20.4 Å². The second kappa shape index (κ2) is 10.6. The smallest absolute Gasteiger partial charge is 0.408 e. The van der Waals surface area contributed by atoms with Crippen molar-refractivity contribution in [3.63, 3.8) is 0 Å². The van der Waals surface area contributed by atoms with E-state index in [9.17, 15) is 19.6 Å². The molecule has 38 heavy (non-hydrogen) atoms. The first-order valence-corrected chi connectivity index (χ1v) is 13.9. The average Bonchev–Trinajstić information content (AvgIpc) is 3.62. The molecule has 1 aromatic rings. The van der Waals surface area contributed by atoms with E-state index < -0.39 is 23.8 Å². The highest BCUT2D eigenvalue weighted by atomic mass is 16.6. The molecule has 4 heterocycles. The lowest BCUT2D eigenvalue weighted by atomic mass is 9.82. The minimum absolute atomic E-state index is 0.0426. The van der Waals surface area contributed by atoms with Crippen LogP contribution in [-0.4, -0.2) is 77.6 Å². The zero-order valence-electron chi connectivity index (χ0n) is 22.6. The first-order valence-electron chi connectivity index (χ1n) is 13.9. The van der Waals surface area contributed by atoms with Gasteiger partial charge in [-0.15, -0.1) is 0 Å². The number of ether oxygens (including phenoxy) is 1. The topological polar surface area (TPSA) is 115 Å². The number of carbonyl (C=O) groups is 3. The molecule has 4 fully saturated rings. The van der Waals surface area contributed by atoms with E-state index >= 15 is 0 Å². The summed E-state index contributed by atoms with van der Waals surface area (Å²) in [5.74, 6) is 0.0737. The number of fused-ring (bicyclic) bond motifs is 3. The Hall–Kier alpha value is -3.12. The van der Waals surface area contributed by atoms with Crippen LogP contribution in [0.4, 0.5) is 4.79 Å². The Labute approximate surface area is 224 Å². The molecule has 0 aromatic heterocycles. The van der Waals surface area contributed by atoms with Crippen molar-refractivity contribution in [2.45, 2.75) is 76.1 Å².